The van der Waals surface area contributed by atoms with Crippen molar-refractivity contribution in [3.8, 4) is 11.3 Å². The number of rotatable bonds is 5. The molecule has 3 aromatic rings. The fourth-order valence-corrected chi connectivity index (χ4v) is 2.71. The summed E-state index contributed by atoms with van der Waals surface area (Å²) >= 11 is 4.91. The van der Waals surface area contributed by atoms with Crippen LogP contribution in [0.1, 0.15) is 0 Å². The first kappa shape index (κ1) is 18.3. The number of hydrogen-bond acceptors (Lipinski definition) is 5. The van der Waals surface area contributed by atoms with E-state index in [0.717, 1.165) is 10.1 Å². The van der Waals surface area contributed by atoms with Crippen LogP contribution in [0, 0.1) is 0 Å². The molecule has 0 radical (unpaired) electrons. The summed E-state index contributed by atoms with van der Waals surface area (Å²) in [5, 5.41) is 5.23. The van der Waals surface area contributed by atoms with E-state index in [1.54, 1.807) is 10.6 Å². The van der Waals surface area contributed by atoms with Gasteiger partial charge in [0, 0.05) is 6.07 Å². The third-order valence-corrected chi connectivity index (χ3v) is 3.96. The van der Waals surface area contributed by atoms with E-state index in [-0.39, 0.29) is 29.5 Å². The minimum absolute atomic E-state index is 0.0130. The molecule has 0 aliphatic rings. The van der Waals surface area contributed by atoms with Crippen molar-refractivity contribution in [2.75, 3.05) is 6.54 Å². The van der Waals surface area contributed by atoms with Gasteiger partial charge in [0.05, 0.1) is 12.2 Å². The number of fused-ring (bicyclic) bond motifs is 1. The van der Waals surface area contributed by atoms with Crippen LogP contribution in [0.3, 0.4) is 0 Å². The first-order valence-electron chi connectivity index (χ1n) is 7.97. The molecule has 0 fully saturated rings. The highest BCUT2D eigenvalue weighted by molar-refractivity contribution is 7.80. The summed E-state index contributed by atoms with van der Waals surface area (Å²) in [7, 11) is 0. The van der Waals surface area contributed by atoms with E-state index in [9.17, 15) is 9.59 Å². The number of hydrazine groups is 1. The van der Waals surface area contributed by atoms with Crippen LogP contribution in [0.25, 0.3) is 17.0 Å². The molecule has 0 atom stereocenters. The second-order valence-corrected chi connectivity index (χ2v) is 5.98. The lowest BCUT2D eigenvalue weighted by atomic mass is 10.1. The van der Waals surface area contributed by atoms with Crippen LogP contribution in [0.4, 0.5) is 0 Å². The number of carbonyl (C=O) groups is 1. The lowest BCUT2D eigenvalue weighted by Gasteiger charge is -2.22. The SMILES string of the molecule is C=CCN(NC(=O)Cn1c(-c2ccccc2)cc(=O)n2ncnc12)C(N)=S. The van der Waals surface area contributed by atoms with Crippen LogP contribution in [-0.4, -0.2) is 41.7 Å². The molecule has 0 bridgehead atoms. The Morgan fingerprint density at radius 2 is 2.11 bits per heavy atom. The first-order valence-corrected chi connectivity index (χ1v) is 8.38. The minimum atomic E-state index is -0.393. The summed E-state index contributed by atoms with van der Waals surface area (Å²) in [6.07, 6.45) is 2.82. The molecule has 10 heteroatoms. The average molecular weight is 383 g/mol. The maximum Gasteiger partial charge on any atom is 0.276 e. The van der Waals surface area contributed by atoms with Crippen LogP contribution in [0.2, 0.25) is 0 Å². The lowest BCUT2D eigenvalue weighted by molar-refractivity contribution is -0.124. The summed E-state index contributed by atoms with van der Waals surface area (Å²) in [6.45, 7) is 3.74. The quantitative estimate of drug-likeness (QED) is 0.371. The third-order valence-electron chi connectivity index (χ3n) is 3.74. The van der Waals surface area contributed by atoms with Crippen LogP contribution in [0.5, 0.6) is 0 Å². The number of nitrogens with two attached hydrogens (primary N) is 1. The number of carbonyl (C=O) groups excluding carboxylic acids is 1. The van der Waals surface area contributed by atoms with Crippen molar-refractivity contribution in [2.24, 2.45) is 5.73 Å². The van der Waals surface area contributed by atoms with Crippen molar-refractivity contribution in [3.63, 3.8) is 0 Å². The number of aromatic nitrogens is 4. The van der Waals surface area contributed by atoms with E-state index in [1.807, 2.05) is 30.3 Å². The number of thiocarbonyl (C=S) groups is 1. The summed E-state index contributed by atoms with van der Waals surface area (Å²) in [6, 6.07) is 10.7. The topological polar surface area (TPSA) is 111 Å². The molecule has 0 saturated heterocycles. The molecule has 9 nitrogen and oxygen atoms in total. The van der Waals surface area contributed by atoms with E-state index in [2.05, 4.69) is 22.1 Å². The lowest BCUT2D eigenvalue weighted by Crippen LogP contribution is -2.49. The molecule has 2 heterocycles. The van der Waals surface area contributed by atoms with E-state index >= 15 is 0 Å². The smallest absolute Gasteiger partial charge is 0.276 e. The van der Waals surface area contributed by atoms with Gasteiger partial charge in [-0.05, 0) is 17.8 Å². The maximum atomic E-state index is 12.6. The Bertz CT molecular complexity index is 1060. The Balaban J connectivity index is 2.02. The second-order valence-electron chi connectivity index (χ2n) is 5.56. The zero-order valence-corrected chi connectivity index (χ0v) is 15.1. The summed E-state index contributed by atoms with van der Waals surface area (Å²) in [5.41, 5.74) is 9.19. The van der Waals surface area contributed by atoms with Crippen molar-refractivity contribution in [1.82, 2.24) is 29.6 Å². The molecule has 1 amide bonds. The predicted molar refractivity (Wildman–Crippen MR) is 105 cm³/mol. The van der Waals surface area contributed by atoms with Gasteiger partial charge >= 0.3 is 0 Å². The number of benzene rings is 1. The number of nitrogens with one attached hydrogen (secondary N) is 1. The van der Waals surface area contributed by atoms with Gasteiger partial charge in [0.25, 0.3) is 11.5 Å². The van der Waals surface area contributed by atoms with E-state index in [0.29, 0.717) is 5.69 Å². The van der Waals surface area contributed by atoms with Gasteiger partial charge in [0.2, 0.25) is 5.78 Å². The Morgan fingerprint density at radius 1 is 1.37 bits per heavy atom. The molecule has 2 aromatic heterocycles. The normalized spacial score (nSPS) is 10.5. The van der Waals surface area contributed by atoms with E-state index in [1.165, 1.54) is 17.4 Å². The van der Waals surface area contributed by atoms with Gasteiger partial charge in [-0.1, -0.05) is 36.4 Å². The fraction of sp³-hybridized carbons (Fsp3) is 0.118. The monoisotopic (exact) mass is 383 g/mol. The van der Waals surface area contributed by atoms with Gasteiger partial charge in [-0.2, -0.15) is 14.6 Å². The van der Waals surface area contributed by atoms with E-state index < -0.39 is 5.91 Å². The highest BCUT2D eigenvalue weighted by Crippen LogP contribution is 2.19. The molecule has 0 saturated carbocycles. The molecule has 138 valence electrons. The molecule has 1 aromatic carbocycles. The van der Waals surface area contributed by atoms with Gasteiger partial charge in [-0.15, -0.1) is 6.58 Å². The van der Waals surface area contributed by atoms with Crippen molar-refractivity contribution in [1.29, 1.82) is 0 Å². The van der Waals surface area contributed by atoms with Crippen molar-refractivity contribution >= 4 is 29.0 Å². The van der Waals surface area contributed by atoms with Gasteiger partial charge in [-0.25, -0.2) is 0 Å². The Morgan fingerprint density at radius 3 is 2.78 bits per heavy atom. The standard InChI is InChI=1S/C17H17N7O2S/c1-2-8-23(16(18)27)21-14(25)10-22-13(12-6-4-3-5-7-12)9-15(26)24-17(22)19-11-20-24/h2-7,9,11H,1,8,10H2,(H2,18,27)(H,21,25). The van der Waals surface area contributed by atoms with Crippen molar-refractivity contribution in [2.45, 2.75) is 6.54 Å². The molecule has 0 unspecified atom stereocenters. The molecular weight excluding hydrogens is 366 g/mol. The van der Waals surface area contributed by atoms with Crippen LogP contribution in [0.15, 0.2) is 60.2 Å². The first-order chi connectivity index (χ1) is 13.0. The maximum absolute atomic E-state index is 12.6. The predicted octanol–water partition coefficient (Wildman–Crippen LogP) is 0.321. The van der Waals surface area contributed by atoms with Crippen molar-refractivity contribution in [3.05, 3.63) is 65.7 Å². The molecule has 3 N–H and O–H groups in total. The Hall–Kier alpha value is -3.53. The Kier molecular flexibility index (Phi) is 5.27. The molecule has 27 heavy (non-hydrogen) atoms. The van der Waals surface area contributed by atoms with Crippen LogP contribution >= 0.6 is 12.2 Å². The minimum Gasteiger partial charge on any atom is -0.375 e. The summed E-state index contributed by atoms with van der Waals surface area (Å²) in [5.74, 6) is -0.141. The number of hydrogen-bond donors (Lipinski definition) is 2. The van der Waals surface area contributed by atoms with E-state index in [4.69, 9.17) is 18.0 Å². The van der Waals surface area contributed by atoms with Gasteiger partial charge in [-0.3, -0.25) is 20.0 Å². The van der Waals surface area contributed by atoms with Gasteiger partial charge in [0.15, 0.2) is 5.11 Å². The summed E-state index contributed by atoms with van der Waals surface area (Å²) < 4.78 is 2.74. The number of amides is 1. The highest BCUT2D eigenvalue weighted by Gasteiger charge is 2.17. The fourth-order valence-electron chi connectivity index (χ4n) is 2.59. The van der Waals surface area contributed by atoms with Gasteiger partial charge in [0.1, 0.15) is 12.9 Å². The molecular formula is C17H17N7O2S. The number of nitrogens with zero attached hydrogens (tertiary/aromatic N) is 5. The van der Waals surface area contributed by atoms with Crippen LogP contribution in [-0.2, 0) is 11.3 Å². The molecule has 0 aliphatic heterocycles. The highest BCUT2D eigenvalue weighted by atomic mass is 32.1. The zero-order chi connectivity index (χ0) is 19.4. The summed E-state index contributed by atoms with van der Waals surface area (Å²) in [4.78, 5) is 29.0. The van der Waals surface area contributed by atoms with Crippen LogP contribution < -0.4 is 16.7 Å². The average Bonchev–Trinajstić information content (AvgIpc) is 3.15. The molecule has 0 aliphatic carbocycles. The van der Waals surface area contributed by atoms with Crippen molar-refractivity contribution < 1.29 is 4.79 Å². The largest absolute Gasteiger partial charge is 0.375 e. The molecule has 0 spiro atoms. The third kappa shape index (κ3) is 3.85. The Labute approximate surface area is 159 Å². The zero-order valence-electron chi connectivity index (χ0n) is 14.3. The van der Waals surface area contributed by atoms with Gasteiger partial charge < -0.3 is 10.3 Å². The molecule has 3 rings (SSSR count). The second kappa shape index (κ2) is 7.79.